The van der Waals surface area contributed by atoms with Gasteiger partial charge in [0, 0.05) is 6.54 Å². The zero-order valence-electron chi connectivity index (χ0n) is 13.0. The summed E-state index contributed by atoms with van der Waals surface area (Å²) >= 11 is 0. The predicted molar refractivity (Wildman–Crippen MR) is 79.9 cm³/mol. The molecule has 1 aromatic carbocycles. The van der Waals surface area contributed by atoms with Crippen LogP contribution in [-0.4, -0.2) is 32.2 Å². The number of ether oxygens (including phenoxy) is 2. The van der Waals surface area contributed by atoms with E-state index in [4.69, 9.17) is 9.47 Å². The average Bonchev–Trinajstić information content (AvgIpc) is 2.53. The molecule has 0 amide bonds. The molecule has 0 aliphatic carbocycles. The van der Waals surface area contributed by atoms with E-state index in [0.29, 0.717) is 12.1 Å². The van der Waals surface area contributed by atoms with E-state index in [1.807, 2.05) is 26.0 Å². The molecule has 1 aromatic rings. The molecule has 0 aliphatic rings. The monoisotopic (exact) mass is 293 g/mol. The minimum absolute atomic E-state index is 0.141. The lowest BCUT2D eigenvalue weighted by Gasteiger charge is -2.22. The van der Waals surface area contributed by atoms with Crippen molar-refractivity contribution in [2.45, 2.75) is 32.9 Å². The van der Waals surface area contributed by atoms with Gasteiger partial charge < -0.3 is 14.8 Å². The van der Waals surface area contributed by atoms with Crippen LogP contribution in [0.1, 0.15) is 36.2 Å². The molecule has 0 aliphatic heterocycles. The molecule has 0 saturated carbocycles. The maximum absolute atomic E-state index is 11.8. The van der Waals surface area contributed by atoms with Crippen LogP contribution in [0, 0.1) is 5.92 Å². The first kappa shape index (κ1) is 17.2. The molecule has 21 heavy (non-hydrogen) atoms. The number of carbonyl (C=O) groups excluding carboxylic acids is 2. The first-order valence-corrected chi connectivity index (χ1v) is 7.02. The van der Waals surface area contributed by atoms with Gasteiger partial charge in [-0.25, -0.2) is 4.79 Å². The number of hydrogen-bond donors (Lipinski definition) is 1. The summed E-state index contributed by atoms with van der Waals surface area (Å²) in [6, 6.07) is 6.77. The normalized spacial score (nSPS) is 13.3. The van der Waals surface area contributed by atoms with E-state index in [2.05, 4.69) is 5.32 Å². The van der Waals surface area contributed by atoms with Crippen molar-refractivity contribution >= 4 is 11.9 Å². The highest BCUT2D eigenvalue weighted by atomic mass is 16.5. The lowest BCUT2D eigenvalue weighted by atomic mass is 9.98. The Kier molecular flexibility index (Phi) is 6.88. The molecule has 1 N–H and O–H groups in total. The third-order valence-electron chi connectivity index (χ3n) is 3.60. The van der Waals surface area contributed by atoms with E-state index < -0.39 is 6.04 Å². The maximum atomic E-state index is 11.8. The quantitative estimate of drug-likeness (QED) is 0.780. The van der Waals surface area contributed by atoms with Gasteiger partial charge in [-0.15, -0.1) is 0 Å². The van der Waals surface area contributed by atoms with Gasteiger partial charge in [-0.2, -0.15) is 0 Å². The van der Waals surface area contributed by atoms with Crippen molar-refractivity contribution in [2.24, 2.45) is 5.92 Å². The van der Waals surface area contributed by atoms with Crippen molar-refractivity contribution in [1.29, 1.82) is 0 Å². The van der Waals surface area contributed by atoms with Crippen LogP contribution in [-0.2, 0) is 20.8 Å². The second-order valence-corrected chi connectivity index (χ2v) is 4.92. The van der Waals surface area contributed by atoms with E-state index in [1.165, 1.54) is 14.2 Å². The first-order valence-electron chi connectivity index (χ1n) is 7.02. The lowest BCUT2D eigenvalue weighted by molar-refractivity contribution is -0.144. The van der Waals surface area contributed by atoms with Gasteiger partial charge >= 0.3 is 11.9 Å². The van der Waals surface area contributed by atoms with Crippen LogP contribution in [0.2, 0.25) is 0 Å². The summed E-state index contributed by atoms with van der Waals surface area (Å²) in [5.74, 6) is -0.534. The minimum Gasteiger partial charge on any atom is -0.468 e. The third kappa shape index (κ3) is 4.56. The predicted octanol–water partition coefficient (Wildman–Crippen LogP) is 2.15. The zero-order valence-corrected chi connectivity index (χ0v) is 13.0. The largest absolute Gasteiger partial charge is 0.468 e. The highest BCUT2D eigenvalue weighted by molar-refractivity contribution is 5.91. The summed E-state index contributed by atoms with van der Waals surface area (Å²) in [5, 5.41) is 3.17. The molecular weight excluding hydrogens is 270 g/mol. The van der Waals surface area contributed by atoms with Crippen LogP contribution < -0.4 is 5.32 Å². The summed E-state index contributed by atoms with van der Waals surface area (Å²) in [6.07, 6.45) is 0.853. The Morgan fingerprint density at radius 1 is 1.19 bits per heavy atom. The number of carbonyl (C=O) groups is 2. The molecule has 0 fully saturated rings. The van der Waals surface area contributed by atoms with Gasteiger partial charge in [-0.05, 0) is 17.5 Å². The van der Waals surface area contributed by atoms with E-state index in [0.717, 1.165) is 12.0 Å². The fourth-order valence-electron chi connectivity index (χ4n) is 2.08. The van der Waals surface area contributed by atoms with E-state index in [-0.39, 0.29) is 17.9 Å². The van der Waals surface area contributed by atoms with Gasteiger partial charge in [-0.3, -0.25) is 4.79 Å². The molecule has 0 spiro atoms. The Hall–Kier alpha value is -1.88. The molecule has 5 heteroatoms. The molecule has 116 valence electrons. The van der Waals surface area contributed by atoms with Crippen molar-refractivity contribution in [3.63, 3.8) is 0 Å². The van der Waals surface area contributed by atoms with Gasteiger partial charge in [0.05, 0.1) is 19.8 Å². The smallest absolute Gasteiger partial charge is 0.338 e. The van der Waals surface area contributed by atoms with Gasteiger partial charge in [-0.1, -0.05) is 38.5 Å². The second kappa shape index (κ2) is 8.42. The highest BCUT2D eigenvalue weighted by Gasteiger charge is 2.24. The number of rotatable bonds is 7. The Bertz CT molecular complexity index is 487. The lowest BCUT2D eigenvalue weighted by Crippen LogP contribution is -2.42. The molecule has 5 nitrogen and oxygen atoms in total. The standard InChI is InChI=1S/C16H23NO4/c1-5-11(2)14(16(19)21-4)17-10-12-8-6-7-9-13(12)15(18)20-3/h6-9,11,14,17H,5,10H2,1-4H3. The van der Waals surface area contributed by atoms with Crippen molar-refractivity contribution in [3.8, 4) is 0 Å². The Balaban J connectivity index is 2.85. The Morgan fingerprint density at radius 3 is 2.43 bits per heavy atom. The van der Waals surface area contributed by atoms with Crippen LogP contribution in [0.15, 0.2) is 24.3 Å². The second-order valence-electron chi connectivity index (χ2n) is 4.92. The van der Waals surface area contributed by atoms with E-state index in [1.54, 1.807) is 12.1 Å². The molecule has 1 rings (SSSR count). The molecule has 0 saturated heterocycles. The summed E-state index contributed by atoms with van der Waals surface area (Å²) in [7, 11) is 2.73. The van der Waals surface area contributed by atoms with Crippen LogP contribution in [0.5, 0.6) is 0 Å². The number of esters is 2. The Labute approximate surface area is 125 Å². The molecule has 2 atom stereocenters. The minimum atomic E-state index is -0.397. The summed E-state index contributed by atoms with van der Waals surface area (Å²) in [5.41, 5.74) is 1.29. The van der Waals surface area contributed by atoms with Crippen molar-refractivity contribution in [3.05, 3.63) is 35.4 Å². The van der Waals surface area contributed by atoms with Crippen molar-refractivity contribution in [2.75, 3.05) is 14.2 Å². The number of nitrogens with one attached hydrogen (secondary N) is 1. The number of benzene rings is 1. The van der Waals surface area contributed by atoms with E-state index >= 15 is 0 Å². The molecule has 0 aromatic heterocycles. The highest BCUT2D eigenvalue weighted by Crippen LogP contribution is 2.13. The molecule has 0 bridgehead atoms. The molecular formula is C16H23NO4. The maximum Gasteiger partial charge on any atom is 0.338 e. The van der Waals surface area contributed by atoms with Crippen molar-refractivity contribution < 1.29 is 19.1 Å². The van der Waals surface area contributed by atoms with Crippen LogP contribution in [0.25, 0.3) is 0 Å². The van der Waals surface area contributed by atoms with Crippen LogP contribution >= 0.6 is 0 Å². The third-order valence-corrected chi connectivity index (χ3v) is 3.60. The Morgan fingerprint density at radius 2 is 1.86 bits per heavy atom. The summed E-state index contributed by atoms with van der Waals surface area (Å²) in [4.78, 5) is 23.5. The average molecular weight is 293 g/mol. The van der Waals surface area contributed by atoms with Crippen molar-refractivity contribution in [1.82, 2.24) is 5.32 Å². The topological polar surface area (TPSA) is 64.6 Å². The first-order chi connectivity index (χ1) is 10.0. The van der Waals surface area contributed by atoms with Gasteiger partial charge in [0.2, 0.25) is 0 Å². The number of methoxy groups -OCH3 is 2. The SMILES string of the molecule is CCC(C)C(NCc1ccccc1C(=O)OC)C(=O)OC. The van der Waals surface area contributed by atoms with Gasteiger partial charge in [0.15, 0.2) is 0 Å². The zero-order chi connectivity index (χ0) is 15.8. The molecule has 0 heterocycles. The molecule has 0 radical (unpaired) electrons. The summed E-state index contributed by atoms with van der Waals surface area (Å²) < 4.78 is 9.59. The fourth-order valence-corrected chi connectivity index (χ4v) is 2.08. The van der Waals surface area contributed by atoms with Crippen LogP contribution in [0.3, 0.4) is 0 Å². The summed E-state index contributed by atoms with van der Waals surface area (Å²) in [6.45, 7) is 4.40. The van der Waals surface area contributed by atoms with Gasteiger partial charge in [0.25, 0.3) is 0 Å². The van der Waals surface area contributed by atoms with Crippen LogP contribution in [0.4, 0.5) is 0 Å². The van der Waals surface area contributed by atoms with Gasteiger partial charge in [0.1, 0.15) is 6.04 Å². The van der Waals surface area contributed by atoms with E-state index in [9.17, 15) is 9.59 Å². The molecule has 2 unspecified atom stereocenters. The number of hydrogen-bond acceptors (Lipinski definition) is 5. The fraction of sp³-hybridized carbons (Fsp3) is 0.500.